The van der Waals surface area contributed by atoms with Gasteiger partial charge >= 0.3 is 0 Å². The molecule has 1 saturated carbocycles. The van der Waals surface area contributed by atoms with Gasteiger partial charge in [0, 0.05) is 42.3 Å². The van der Waals surface area contributed by atoms with E-state index < -0.39 is 6.04 Å². The Kier molecular flexibility index (Phi) is 10.9. The predicted octanol–water partition coefficient (Wildman–Crippen LogP) is 5.30. The SMILES string of the molecule is CSCCN(C(=O)CCCN1C=CC=CC1)C(C(=O)NC1CCCCC1)c1ccc(Br)cc1. The second kappa shape index (κ2) is 13.9. The summed E-state index contributed by atoms with van der Waals surface area (Å²) < 4.78 is 0.961. The van der Waals surface area contributed by atoms with E-state index in [0.29, 0.717) is 13.0 Å². The number of allylic oxidation sites excluding steroid dienone is 2. The van der Waals surface area contributed by atoms with Crippen LogP contribution in [0.1, 0.15) is 56.6 Å². The molecule has 2 aliphatic rings. The Bertz CT molecular complexity index is 821. The van der Waals surface area contributed by atoms with Gasteiger partial charge in [0.25, 0.3) is 0 Å². The maximum atomic E-state index is 13.6. The molecule has 3 rings (SSSR count). The van der Waals surface area contributed by atoms with Gasteiger partial charge in [-0.05, 0) is 55.5 Å². The van der Waals surface area contributed by atoms with Crippen LogP contribution in [-0.2, 0) is 9.59 Å². The number of rotatable bonds is 11. The molecular formula is C26H36BrN3O2S. The van der Waals surface area contributed by atoms with E-state index in [1.165, 1.54) is 6.42 Å². The number of amides is 2. The van der Waals surface area contributed by atoms with Crippen LogP contribution in [0.15, 0.2) is 53.2 Å². The third kappa shape index (κ3) is 8.21. The summed E-state index contributed by atoms with van der Waals surface area (Å²) in [4.78, 5) is 31.0. The molecule has 0 radical (unpaired) electrons. The molecular weight excluding hydrogens is 498 g/mol. The number of carbonyl (C=O) groups is 2. The number of hydrogen-bond acceptors (Lipinski definition) is 4. The zero-order valence-electron chi connectivity index (χ0n) is 19.5. The van der Waals surface area contributed by atoms with E-state index >= 15 is 0 Å². The summed E-state index contributed by atoms with van der Waals surface area (Å²) in [5, 5.41) is 3.28. The third-order valence-electron chi connectivity index (χ3n) is 6.27. The molecule has 5 nitrogen and oxygen atoms in total. The minimum absolute atomic E-state index is 0.0484. The number of nitrogens with zero attached hydrogens (tertiary/aromatic N) is 2. The number of benzene rings is 1. The van der Waals surface area contributed by atoms with E-state index in [2.05, 4.69) is 38.4 Å². The maximum absolute atomic E-state index is 13.6. The van der Waals surface area contributed by atoms with Crippen LogP contribution in [0.5, 0.6) is 0 Å². The molecule has 1 N–H and O–H groups in total. The third-order valence-corrected chi connectivity index (χ3v) is 7.39. The van der Waals surface area contributed by atoms with Crippen LogP contribution in [0.3, 0.4) is 0 Å². The van der Waals surface area contributed by atoms with Crippen LogP contribution in [0.2, 0.25) is 0 Å². The molecule has 1 aliphatic heterocycles. The first-order chi connectivity index (χ1) is 16.1. The van der Waals surface area contributed by atoms with E-state index in [4.69, 9.17) is 0 Å². The van der Waals surface area contributed by atoms with Crippen molar-refractivity contribution in [3.63, 3.8) is 0 Å². The first kappa shape index (κ1) is 25.9. The van der Waals surface area contributed by atoms with Gasteiger partial charge in [0.05, 0.1) is 0 Å². The van der Waals surface area contributed by atoms with Gasteiger partial charge in [-0.25, -0.2) is 0 Å². The Balaban J connectivity index is 1.74. The summed E-state index contributed by atoms with van der Waals surface area (Å²) >= 11 is 5.19. The van der Waals surface area contributed by atoms with Crippen molar-refractivity contribution in [1.82, 2.24) is 15.1 Å². The van der Waals surface area contributed by atoms with E-state index in [1.807, 2.05) is 47.6 Å². The lowest BCUT2D eigenvalue weighted by atomic mass is 9.94. The fourth-order valence-corrected chi connectivity index (χ4v) is 5.13. The van der Waals surface area contributed by atoms with Crippen molar-refractivity contribution >= 4 is 39.5 Å². The molecule has 2 amide bonds. The van der Waals surface area contributed by atoms with E-state index in [0.717, 1.165) is 61.0 Å². The van der Waals surface area contributed by atoms with Crippen molar-refractivity contribution in [2.24, 2.45) is 0 Å². The normalized spacial score (nSPS) is 17.1. The molecule has 1 aromatic rings. The number of halogens is 1. The molecule has 0 saturated heterocycles. The highest BCUT2D eigenvalue weighted by molar-refractivity contribution is 9.10. The minimum Gasteiger partial charge on any atom is -0.374 e. The second-order valence-corrected chi connectivity index (χ2v) is 10.6. The molecule has 1 atom stereocenters. The molecule has 1 unspecified atom stereocenters. The van der Waals surface area contributed by atoms with Crippen LogP contribution < -0.4 is 5.32 Å². The maximum Gasteiger partial charge on any atom is 0.247 e. The van der Waals surface area contributed by atoms with Crippen molar-refractivity contribution in [3.05, 3.63) is 58.7 Å². The smallest absolute Gasteiger partial charge is 0.247 e. The Morgan fingerprint density at radius 3 is 2.61 bits per heavy atom. The summed E-state index contributed by atoms with van der Waals surface area (Å²) in [6, 6.07) is 7.42. The summed E-state index contributed by atoms with van der Waals surface area (Å²) in [6.07, 6.45) is 17.1. The van der Waals surface area contributed by atoms with Crippen molar-refractivity contribution in [3.8, 4) is 0 Å². The average molecular weight is 535 g/mol. The lowest BCUT2D eigenvalue weighted by Crippen LogP contribution is -2.47. The van der Waals surface area contributed by atoms with Crippen molar-refractivity contribution in [2.75, 3.05) is 31.6 Å². The van der Waals surface area contributed by atoms with E-state index in [-0.39, 0.29) is 17.9 Å². The van der Waals surface area contributed by atoms with Gasteiger partial charge in [-0.2, -0.15) is 11.8 Å². The average Bonchev–Trinajstić information content (AvgIpc) is 2.83. The summed E-state index contributed by atoms with van der Waals surface area (Å²) in [7, 11) is 0. The fraction of sp³-hybridized carbons (Fsp3) is 0.538. The topological polar surface area (TPSA) is 52.7 Å². The van der Waals surface area contributed by atoms with Gasteiger partial charge in [0.2, 0.25) is 11.8 Å². The number of carbonyl (C=O) groups excluding carboxylic acids is 2. The van der Waals surface area contributed by atoms with Crippen LogP contribution in [0, 0.1) is 0 Å². The van der Waals surface area contributed by atoms with Gasteiger partial charge in [0.15, 0.2) is 0 Å². The number of nitrogens with one attached hydrogen (secondary N) is 1. The summed E-state index contributed by atoms with van der Waals surface area (Å²) in [5.41, 5.74) is 0.866. The van der Waals surface area contributed by atoms with Gasteiger partial charge in [-0.3, -0.25) is 9.59 Å². The Labute approximate surface area is 211 Å². The highest BCUT2D eigenvalue weighted by Crippen LogP contribution is 2.26. The van der Waals surface area contributed by atoms with Crippen LogP contribution in [0.25, 0.3) is 0 Å². The molecule has 0 spiro atoms. The Hall–Kier alpha value is -1.73. The first-order valence-corrected chi connectivity index (χ1v) is 14.2. The van der Waals surface area contributed by atoms with Gasteiger partial charge in [-0.1, -0.05) is 59.5 Å². The quantitative estimate of drug-likeness (QED) is 0.419. The fourth-order valence-electron chi connectivity index (χ4n) is 4.48. The van der Waals surface area contributed by atoms with Gasteiger partial charge < -0.3 is 15.1 Å². The largest absolute Gasteiger partial charge is 0.374 e. The summed E-state index contributed by atoms with van der Waals surface area (Å²) in [5.74, 6) is 0.796. The minimum atomic E-state index is -0.600. The van der Waals surface area contributed by atoms with Crippen molar-refractivity contribution in [2.45, 2.75) is 57.0 Å². The molecule has 0 aromatic heterocycles. The second-order valence-electron chi connectivity index (χ2n) is 8.75. The van der Waals surface area contributed by atoms with Crippen molar-refractivity contribution in [1.29, 1.82) is 0 Å². The highest BCUT2D eigenvalue weighted by Gasteiger charge is 2.32. The van der Waals surface area contributed by atoms with E-state index in [9.17, 15) is 9.59 Å². The zero-order chi connectivity index (χ0) is 23.5. The van der Waals surface area contributed by atoms with Gasteiger partial charge in [-0.15, -0.1) is 0 Å². The van der Waals surface area contributed by atoms with Crippen LogP contribution in [-0.4, -0.2) is 59.3 Å². The highest BCUT2D eigenvalue weighted by atomic mass is 79.9. The number of thioether (sulfide) groups is 1. The molecule has 1 fully saturated rings. The van der Waals surface area contributed by atoms with Crippen LogP contribution in [0.4, 0.5) is 0 Å². The molecule has 7 heteroatoms. The molecule has 1 heterocycles. The van der Waals surface area contributed by atoms with Crippen LogP contribution >= 0.6 is 27.7 Å². The molecule has 0 bridgehead atoms. The monoisotopic (exact) mass is 533 g/mol. The Morgan fingerprint density at radius 1 is 1.18 bits per heavy atom. The first-order valence-electron chi connectivity index (χ1n) is 12.0. The Morgan fingerprint density at radius 2 is 1.94 bits per heavy atom. The molecule has 1 aromatic carbocycles. The zero-order valence-corrected chi connectivity index (χ0v) is 22.0. The predicted molar refractivity (Wildman–Crippen MR) is 141 cm³/mol. The summed E-state index contributed by atoms with van der Waals surface area (Å²) in [6.45, 7) is 2.28. The van der Waals surface area contributed by atoms with Gasteiger partial charge in [0.1, 0.15) is 6.04 Å². The van der Waals surface area contributed by atoms with Crippen molar-refractivity contribution < 1.29 is 9.59 Å². The molecule has 33 heavy (non-hydrogen) atoms. The lowest BCUT2D eigenvalue weighted by Gasteiger charge is -2.33. The number of hydrogen-bond donors (Lipinski definition) is 1. The standard InChI is InChI=1S/C26H36BrN3O2S/c1-33-20-19-30(24(31)11-8-18-29-16-6-3-7-17-29)25(21-12-14-22(27)15-13-21)26(32)28-23-9-4-2-5-10-23/h3,6-7,12-16,23,25H,2,4-5,8-11,17-20H2,1H3,(H,28,32). The molecule has 1 aliphatic carbocycles. The molecule has 180 valence electrons. The lowest BCUT2D eigenvalue weighted by molar-refractivity contribution is -0.141. The van der Waals surface area contributed by atoms with E-state index in [1.54, 1.807) is 11.8 Å².